The van der Waals surface area contributed by atoms with Crippen LogP contribution in [0.5, 0.6) is 0 Å². The van der Waals surface area contributed by atoms with E-state index >= 15 is 0 Å². The molecule has 0 aliphatic rings. The van der Waals surface area contributed by atoms with E-state index in [4.69, 9.17) is 0 Å². The minimum Gasteiger partial charge on any atom is -0.253 e. The predicted octanol–water partition coefficient (Wildman–Crippen LogP) is 2.20. The molecule has 0 amide bonds. The van der Waals surface area contributed by atoms with E-state index < -0.39 is 5.82 Å². The molecule has 0 spiro atoms. The first-order valence-corrected chi connectivity index (χ1v) is 4.67. The Morgan fingerprint density at radius 2 is 1.93 bits per heavy atom. The average molecular weight is 197 g/mol. The molecule has 0 aliphatic carbocycles. The van der Waals surface area contributed by atoms with Gasteiger partial charge in [0.05, 0.1) is 5.69 Å². The normalized spacial score (nSPS) is 12.1. The summed E-state index contributed by atoms with van der Waals surface area (Å²) in [5.74, 6) is -2.60. The minimum absolute atomic E-state index is 0.138. The maximum atomic E-state index is 13.0. The van der Waals surface area contributed by atoms with Crippen molar-refractivity contribution in [2.75, 3.05) is 0 Å². The summed E-state index contributed by atoms with van der Waals surface area (Å²) < 4.78 is 26.0. The number of nitrogens with zero attached hydrogens (tertiary/aromatic N) is 1. The van der Waals surface area contributed by atoms with E-state index in [0.29, 0.717) is 5.69 Å². The molecule has 0 aromatic carbocycles. The van der Waals surface area contributed by atoms with Crippen LogP contribution in [0.2, 0.25) is 0 Å². The van der Waals surface area contributed by atoms with E-state index in [-0.39, 0.29) is 11.6 Å². The smallest absolute Gasteiger partial charge is 0.247 e. The number of hydrogen-bond acceptors (Lipinski definition) is 1. The standard InChI is InChI=1S/C10H14BF2N/c1-6(2)8-4-7(3)14-9(5-8)10(11,12)13/h4-6H,11H2,1-3H3. The van der Waals surface area contributed by atoms with Crippen molar-refractivity contribution in [1.29, 1.82) is 0 Å². The van der Waals surface area contributed by atoms with Crippen molar-refractivity contribution >= 4 is 7.85 Å². The molecule has 14 heavy (non-hydrogen) atoms. The molecular formula is C10H14BF2N. The summed E-state index contributed by atoms with van der Waals surface area (Å²) >= 11 is 0. The van der Waals surface area contributed by atoms with Gasteiger partial charge in [0.15, 0.2) is 0 Å². The first kappa shape index (κ1) is 11.2. The number of aryl methyl sites for hydroxylation is 1. The second-order valence-electron chi connectivity index (χ2n) is 3.97. The van der Waals surface area contributed by atoms with Gasteiger partial charge < -0.3 is 0 Å². The van der Waals surface area contributed by atoms with Gasteiger partial charge in [0.2, 0.25) is 13.7 Å². The van der Waals surface area contributed by atoms with Crippen molar-refractivity contribution in [3.63, 3.8) is 0 Å². The van der Waals surface area contributed by atoms with Crippen LogP contribution in [0, 0.1) is 6.92 Å². The topological polar surface area (TPSA) is 12.9 Å². The van der Waals surface area contributed by atoms with Gasteiger partial charge in [-0.05, 0) is 30.5 Å². The number of hydrogen-bond donors (Lipinski definition) is 0. The van der Waals surface area contributed by atoms with Crippen LogP contribution in [0.4, 0.5) is 8.78 Å². The van der Waals surface area contributed by atoms with E-state index in [0.717, 1.165) is 13.4 Å². The van der Waals surface area contributed by atoms with Crippen molar-refractivity contribution in [2.24, 2.45) is 0 Å². The van der Waals surface area contributed by atoms with Gasteiger partial charge in [-0.1, -0.05) is 13.8 Å². The third kappa shape index (κ3) is 2.53. The first-order chi connectivity index (χ1) is 6.30. The number of rotatable bonds is 2. The van der Waals surface area contributed by atoms with Gasteiger partial charge in [0, 0.05) is 5.69 Å². The Morgan fingerprint density at radius 1 is 1.36 bits per heavy atom. The number of aromatic nitrogens is 1. The number of halogens is 2. The van der Waals surface area contributed by atoms with Crippen LogP contribution in [0.15, 0.2) is 12.1 Å². The molecule has 1 nitrogen and oxygen atoms in total. The Labute approximate surface area is 84.0 Å². The molecule has 0 unspecified atom stereocenters. The van der Waals surface area contributed by atoms with Crippen LogP contribution in [0.1, 0.15) is 36.7 Å². The Balaban J connectivity index is 3.21. The SMILES string of the molecule is BC(F)(F)c1cc(C(C)C)cc(C)n1. The Bertz CT molecular complexity index is 331. The molecule has 1 aromatic rings. The lowest BCUT2D eigenvalue weighted by Crippen LogP contribution is -2.16. The van der Waals surface area contributed by atoms with E-state index in [2.05, 4.69) is 4.98 Å². The lowest BCUT2D eigenvalue weighted by molar-refractivity contribution is 0.0887. The van der Waals surface area contributed by atoms with Crippen LogP contribution in [0.25, 0.3) is 0 Å². The van der Waals surface area contributed by atoms with Crippen molar-refractivity contribution in [1.82, 2.24) is 4.98 Å². The summed E-state index contributed by atoms with van der Waals surface area (Å²) in [6.07, 6.45) is 0. The Hall–Kier alpha value is -0.925. The molecule has 0 fully saturated rings. The highest BCUT2D eigenvalue weighted by Crippen LogP contribution is 2.25. The van der Waals surface area contributed by atoms with Crippen LogP contribution < -0.4 is 0 Å². The van der Waals surface area contributed by atoms with Gasteiger partial charge in [0.1, 0.15) is 0 Å². The van der Waals surface area contributed by atoms with E-state index in [1.165, 1.54) is 6.07 Å². The maximum Gasteiger partial charge on any atom is 0.247 e. The van der Waals surface area contributed by atoms with Crippen molar-refractivity contribution in [3.8, 4) is 0 Å². The molecule has 0 atom stereocenters. The third-order valence-corrected chi connectivity index (χ3v) is 2.09. The molecule has 1 heterocycles. The molecular weight excluding hydrogens is 183 g/mol. The highest BCUT2D eigenvalue weighted by atomic mass is 19.3. The largest absolute Gasteiger partial charge is 0.253 e. The molecule has 0 N–H and O–H groups in total. The van der Waals surface area contributed by atoms with Gasteiger partial charge in [-0.25, -0.2) is 8.78 Å². The second-order valence-corrected chi connectivity index (χ2v) is 3.97. The van der Waals surface area contributed by atoms with Crippen LogP contribution in [-0.2, 0) is 5.82 Å². The van der Waals surface area contributed by atoms with Crippen LogP contribution in [0.3, 0.4) is 0 Å². The Morgan fingerprint density at radius 3 is 2.36 bits per heavy atom. The third-order valence-electron chi connectivity index (χ3n) is 2.09. The summed E-state index contributed by atoms with van der Waals surface area (Å²) in [6, 6.07) is 3.33. The zero-order valence-electron chi connectivity index (χ0n) is 8.94. The van der Waals surface area contributed by atoms with Gasteiger partial charge in [0.25, 0.3) is 0 Å². The molecule has 0 aliphatic heterocycles. The van der Waals surface area contributed by atoms with Gasteiger partial charge >= 0.3 is 0 Å². The molecule has 0 radical (unpaired) electrons. The molecule has 4 heteroatoms. The maximum absolute atomic E-state index is 13.0. The summed E-state index contributed by atoms with van der Waals surface area (Å²) in [7, 11) is 0.874. The number of pyridine rings is 1. The second kappa shape index (κ2) is 3.68. The summed E-state index contributed by atoms with van der Waals surface area (Å²) in [4.78, 5) is 3.84. The highest BCUT2D eigenvalue weighted by molar-refractivity contribution is 6.13. The predicted molar refractivity (Wildman–Crippen MR) is 55.5 cm³/mol. The average Bonchev–Trinajstić information content (AvgIpc) is 2.01. The van der Waals surface area contributed by atoms with Gasteiger partial charge in [-0.2, -0.15) is 0 Å². The molecule has 0 saturated heterocycles. The van der Waals surface area contributed by atoms with E-state index in [1.807, 2.05) is 19.9 Å². The van der Waals surface area contributed by atoms with Crippen molar-refractivity contribution < 1.29 is 8.78 Å². The Kier molecular flexibility index (Phi) is 2.93. The molecule has 0 bridgehead atoms. The zero-order chi connectivity index (χ0) is 10.9. The van der Waals surface area contributed by atoms with Crippen molar-refractivity contribution in [2.45, 2.75) is 32.5 Å². The fourth-order valence-corrected chi connectivity index (χ4v) is 1.25. The lowest BCUT2D eigenvalue weighted by Gasteiger charge is -2.14. The van der Waals surface area contributed by atoms with Gasteiger partial charge in [-0.15, -0.1) is 0 Å². The number of alkyl halides is 2. The highest BCUT2D eigenvalue weighted by Gasteiger charge is 2.26. The fourth-order valence-electron chi connectivity index (χ4n) is 1.25. The summed E-state index contributed by atoms with van der Waals surface area (Å²) in [5, 5.41) is 0. The molecule has 1 aromatic heterocycles. The van der Waals surface area contributed by atoms with Gasteiger partial charge in [-0.3, -0.25) is 4.98 Å². The van der Waals surface area contributed by atoms with Crippen LogP contribution in [-0.4, -0.2) is 12.8 Å². The zero-order valence-corrected chi connectivity index (χ0v) is 8.94. The van der Waals surface area contributed by atoms with E-state index in [9.17, 15) is 8.78 Å². The molecule has 1 rings (SSSR count). The van der Waals surface area contributed by atoms with Crippen molar-refractivity contribution in [3.05, 3.63) is 29.1 Å². The fraction of sp³-hybridized carbons (Fsp3) is 0.500. The van der Waals surface area contributed by atoms with E-state index in [1.54, 1.807) is 6.92 Å². The monoisotopic (exact) mass is 197 g/mol. The minimum atomic E-state index is -2.85. The lowest BCUT2D eigenvalue weighted by atomic mass is 9.92. The van der Waals surface area contributed by atoms with Crippen LogP contribution >= 0.6 is 0 Å². The molecule has 76 valence electrons. The summed E-state index contributed by atoms with van der Waals surface area (Å²) in [6.45, 7) is 5.69. The molecule has 0 saturated carbocycles. The quantitative estimate of drug-likeness (QED) is 0.662. The summed E-state index contributed by atoms with van der Waals surface area (Å²) in [5.41, 5.74) is 1.42. The first-order valence-electron chi connectivity index (χ1n) is 4.67.